The quantitative estimate of drug-likeness (QED) is 0.612. The van der Waals surface area contributed by atoms with Crippen molar-refractivity contribution in [3.8, 4) is 6.07 Å². The second-order valence-corrected chi connectivity index (χ2v) is 9.43. The predicted molar refractivity (Wildman–Crippen MR) is 125 cm³/mol. The van der Waals surface area contributed by atoms with E-state index >= 15 is 0 Å². The molecule has 1 saturated heterocycles. The molecule has 2 aromatic carbocycles. The van der Waals surface area contributed by atoms with Gasteiger partial charge in [0.1, 0.15) is 11.9 Å². The van der Waals surface area contributed by atoms with Gasteiger partial charge in [-0.2, -0.15) is 5.26 Å². The van der Waals surface area contributed by atoms with E-state index in [9.17, 15) is 14.4 Å². The molecule has 2 aromatic rings. The SMILES string of the molecule is CCNC(=O)[C@@]1(OCc2ccccc2C#N)CC(OCc2ccc(F)cc2)[C@@H]2OC(C)(C)O[C@@H]2C1. The van der Waals surface area contributed by atoms with Crippen LogP contribution in [0.2, 0.25) is 0 Å². The van der Waals surface area contributed by atoms with E-state index < -0.39 is 23.6 Å². The van der Waals surface area contributed by atoms with Crippen LogP contribution >= 0.6 is 0 Å². The number of carbonyl (C=O) groups excluding carboxylic acids is 1. The summed E-state index contributed by atoms with van der Waals surface area (Å²) in [4.78, 5) is 13.4. The Labute approximate surface area is 205 Å². The maximum atomic E-state index is 13.4. The topological polar surface area (TPSA) is 89.8 Å². The minimum atomic E-state index is -1.24. The number of hydrogen-bond acceptors (Lipinski definition) is 6. The molecule has 1 amide bonds. The number of nitriles is 1. The molecular weight excluding hydrogens is 451 g/mol. The molecule has 1 heterocycles. The van der Waals surface area contributed by atoms with Crippen LogP contribution in [0.5, 0.6) is 0 Å². The molecule has 1 N–H and O–H groups in total. The third kappa shape index (κ3) is 5.71. The Kier molecular flexibility index (Phi) is 7.53. The lowest BCUT2D eigenvalue weighted by atomic mass is 9.78. The fraction of sp³-hybridized carbons (Fsp3) is 0.481. The number of rotatable bonds is 8. The Bertz CT molecular complexity index is 1080. The molecule has 2 aliphatic rings. The highest BCUT2D eigenvalue weighted by molar-refractivity contribution is 5.85. The van der Waals surface area contributed by atoms with E-state index in [0.717, 1.165) is 5.56 Å². The van der Waals surface area contributed by atoms with E-state index in [1.54, 1.807) is 24.3 Å². The zero-order chi connectivity index (χ0) is 25.1. The van der Waals surface area contributed by atoms with Gasteiger partial charge >= 0.3 is 0 Å². The zero-order valence-corrected chi connectivity index (χ0v) is 20.3. The van der Waals surface area contributed by atoms with Crippen molar-refractivity contribution in [1.82, 2.24) is 5.32 Å². The number of carbonyl (C=O) groups is 1. The van der Waals surface area contributed by atoms with Crippen molar-refractivity contribution in [1.29, 1.82) is 5.26 Å². The molecule has 4 atom stereocenters. The normalized spacial score (nSPS) is 27.1. The summed E-state index contributed by atoms with van der Waals surface area (Å²) in [7, 11) is 0. The van der Waals surface area contributed by atoms with Crippen molar-refractivity contribution in [2.75, 3.05) is 6.54 Å². The number of benzene rings is 2. The van der Waals surface area contributed by atoms with Gasteiger partial charge in [0.15, 0.2) is 11.4 Å². The molecule has 0 aromatic heterocycles. The minimum absolute atomic E-state index is 0.0905. The van der Waals surface area contributed by atoms with E-state index in [1.807, 2.05) is 32.9 Å². The molecule has 1 unspecified atom stereocenters. The van der Waals surface area contributed by atoms with Crippen LogP contribution in [0.1, 0.15) is 50.3 Å². The third-order valence-electron chi connectivity index (χ3n) is 6.42. The van der Waals surface area contributed by atoms with Crippen molar-refractivity contribution in [2.45, 2.75) is 76.5 Å². The van der Waals surface area contributed by atoms with Crippen LogP contribution in [0.3, 0.4) is 0 Å². The smallest absolute Gasteiger partial charge is 0.252 e. The highest BCUT2D eigenvalue weighted by Crippen LogP contribution is 2.44. The molecule has 7 nitrogen and oxygen atoms in total. The number of ether oxygens (including phenoxy) is 4. The van der Waals surface area contributed by atoms with Crippen molar-refractivity contribution in [3.05, 3.63) is 71.0 Å². The van der Waals surface area contributed by atoms with Gasteiger partial charge in [0.05, 0.1) is 37.1 Å². The first-order chi connectivity index (χ1) is 16.7. The summed E-state index contributed by atoms with van der Waals surface area (Å²) in [5.74, 6) is -1.41. The second kappa shape index (κ2) is 10.4. The first kappa shape index (κ1) is 25.3. The van der Waals surface area contributed by atoms with E-state index in [1.165, 1.54) is 12.1 Å². The van der Waals surface area contributed by atoms with E-state index in [2.05, 4.69) is 11.4 Å². The Morgan fingerprint density at radius 2 is 1.89 bits per heavy atom. The van der Waals surface area contributed by atoms with Crippen LogP contribution in [0, 0.1) is 17.1 Å². The van der Waals surface area contributed by atoms with E-state index in [0.29, 0.717) is 17.7 Å². The number of fused-ring (bicyclic) bond motifs is 1. The molecule has 1 aliphatic carbocycles. The Morgan fingerprint density at radius 3 is 2.60 bits per heavy atom. The fourth-order valence-electron chi connectivity index (χ4n) is 4.78. The van der Waals surface area contributed by atoms with Crippen molar-refractivity contribution < 1.29 is 28.1 Å². The third-order valence-corrected chi connectivity index (χ3v) is 6.42. The van der Waals surface area contributed by atoms with Gasteiger partial charge in [-0.25, -0.2) is 4.39 Å². The summed E-state index contributed by atoms with van der Waals surface area (Å²) in [5.41, 5.74) is 0.766. The monoisotopic (exact) mass is 482 g/mol. The van der Waals surface area contributed by atoms with Gasteiger partial charge in [-0.3, -0.25) is 4.79 Å². The maximum Gasteiger partial charge on any atom is 0.252 e. The van der Waals surface area contributed by atoms with Gasteiger partial charge in [0.25, 0.3) is 5.91 Å². The van der Waals surface area contributed by atoms with Crippen LogP contribution in [0.25, 0.3) is 0 Å². The highest BCUT2D eigenvalue weighted by Gasteiger charge is 2.58. The van der Waals surface area contributed by atoms with Crippen LogP contribution < -0.4 is 5.32 Å². The van der Waals surface area contributed by atoms with E-state index in [4.69, 9.17) is 18.9 Å². The number of likely N-dealkylation sites (N-methyl/N-ethyl adjacent to an activating group) is 1. The maximum absolute atomic E-state index is 13.4. The first-order valence-electron chi connectivity index (χ1n) is 11.9. The Balaban J connectivity index is 1.61. The molecule has 8 heteroatoms. The van der Waals surface area contributed by atoms with Crippen LogP contribution in [0.4, 0.5) is 4.39 Å². The van der Waals surface area contributed by atoms with Crippen molar-refractivity contribution >= 4 is 5.91 Å². The largest absolute Gasteiger partial charge is 0.371 e. The van der Waals surface area contributed by atoms with Crippen LogP contribution in [-0.2, 0) is 37.0 Å². The molecule has 186 valence electrons. The summed E-state index contributed by atoms with van der Waals surface area (Å²) in [6, 6.07) is 15.4. The predicted octanol–water partition coefficient (Wildman–Crippen LogP) is 3.99. The lowest BCUT2D eigenvalue weighted by molar-refractivity contribution is -0.183. The average Bonchev–Trinajstić information content (AvgIpc) is 3.16. The molecule has 0 spiro atoms. The van der Waals surface area contributed by atoms with Gasteiger partial charge in [-0.15, -0.1) is 0 Å². The molecule has 1 saturated carbocycles. The van der Waals surface area contributed by atoms with Crippen LogP contribution in [-0.4, -0.2) is 42.2 Å². The number of hydrogen-bond donors (Lipinski definition) is 1. The minimum Gasteiger partial charge on any atom is -0.371 e. The molecule has 1 aliphatic heterocycles. The second-order valence-electron chi connectivity index (χ2n) is 9.43. The summed E-state index contributed by atoms with van der Waals surface area (Å²) >= 11 is 0. The highest BCUT2D eigenvalue weighted by atomic mass is 19.1. The molecule has 35 heavy (non-hydrogen) atoms. The lowest BCUT2D eigenvalue weighted by Gasteiger charge is -2.43. The molecule has 0 bridgehead atoms. The van der Waals surface area contributed by atoms with E-state index in [-0.39, 0.29) is 43.9 Å². The number of amides is 1. The van der Waals surface area contributed by atoms with Crippen molar-refractivity contribution in [2.24, 2.45) is 0 Å². The molecule has 4 rings (SSSR count). The molecule has 0 radical (unpaired) electrons. The average molecular weight is 483 g/mol. The molecular formula is C27H31FN2O5. The van der Waals surface area contributed by atoms with Crippen molar-refractivity contribution in [3.63, 3.8) is 0 Å². The van der Waals surface area contributed by atoms with Gasteiger partial charge in [-0.1, -0.05) is 30.3 Å². The first-order valence-corrected chi connectivity index (χ1v) is 11.9. The zero-order valence-electron chi connectivity index (χ0n) is 20.3. The molecule has 2 fully saturated rings. The number of halogens is 1. The lowest BCUT2D eigenvalue weighted by Crippen LogP contribution is -2.60. The summed E-state index contributed by atoms with van der Waals surface area (Å²) in [5, 5.41) is 12.4. The fourth-order valence-corrected chi connectivity index (χ4v) is 4.78. The standard InChI is InChI=1S/C27H31FN2O5/c1-4-30-25(31)27(33-17-20-8-6-5-7-19(20)15-29)13-22(24-23(14-27)34-26(2,3)35-24)32-16-18-9-11-21(28)12-10-18/h5-12,22-24H,4,13-14,16-17H2,1-3H3,(H,30,31)/t22?,23-,24+,27-/m1/s1. The van der Waals surface area contributed by atoms with Gasteiger partial charge in [-0.05, 0) is 50.1 Å². The Morgan fingerprint density at radius 1 is 1.14 bits per heavy atom. The number of nitrogens with one attached hydrogen (secondary N) is 1. The van der Waals surface area contributed by atoms with Gasteiger partial charge in [0.2, 0.25) is 0 Å². The Hall–Kier alpha value is -2.83. The van der Waals surface area contributed by atoms with Gasteiger partial charge in [0, 0.05) is 19.4 Å². The number of nitrogens with zero attached hydrogens (tertiary/aromatic N) is 1. The van der Waals surface area contributed by atoms with Crippen LogP contribution in [0.15, 0.2) is 48.5 Å². The summed E-state index contributed by atoms with van der Waals surface area (Å²) in [6.45, 7) is 6.27. The van der Waals surface area contributed by atoms with Gasteiger partial charge < -0.3 is 24.3 Å². The summed E-state index contributed by atoms with van der Waals surface area (Å²) in [6.07, 6.45) is -0.781. The summed E-state index contributed by atoms with van der Waals surface area (Å²) < 4.78 is 38.3.